The van der Waals surface area contributed by atoms with Gasteiger partial charge in [0, 0.05) is 32.7 Å². The molecule has 2 aromatic rings. The molecule has 0 spiro atoms. The number of nitrogens with zero attached hydrogens (tertiary/aromatic N) is 2. The number of fused-ring (bicyclic) bond motifs is 1. The highest BCUT2D eigenvalue weighted by atomic mass is 16.7. The van der Waals surface area contributed by atoms with Crippen LogP contribution in [0.3, 0.4) is 0 Å². The highest BCUT2D eigenvalue weighted by Gasteiger charge is 2.22. The van der Waals surface area contributed by atoms with Gasteiger partial charge in [-0.2, -0.15) is 0 Å². The Morgan fingerprint density at radius 1 is 1.07 bits per heavy atom. The third-order valence-corrected chi connectivity index (χ3v) is 5.19. The maximum absolute atomic E-state index is 12.6. The Hall–Kier alpha value is -2.93. The van der Waals surface area contributed by atoms with Crippen molar-refractivity contribution in [1.29, 1.82) is 0 Å². The minimum atomic E-state index is 0.110. The lowest BCUT2D eigenvalue weighted by molar-refractivity contribution is -0.131. The summed E-state index contributed by atoms with van der Waals surface area (Å²) in [7, 11) is 0. The van der Waals surface area contributed by atoms with Crippen LogP contribution in [0.15, 0.2) is 42.5 Å². The number of hydrogen-bond donors (Lipinski definition) is 1. The lowest BCUT2D eigenvalue weighted by Gasteiger charge is -2.35. The zero-order valence-corrected chi connectivity index (χ0v) is 16.7. The van der Waals surface area contributed by atoms with Crippen molar-refractivity contribution >= 4 is 11.6 Å². The Morgan fingerprint density at radius 3 is 2.69 bits per heavy atom. The first-order valence-corrected chi connectivity index (χ1v) is 10.1. The summed E-state index contributed by atoms with van der Waals surface area (Å²) < 4.78 is 16.4. The average Bonchev–Trinajstić information content (AvgIpc) is 3.21. The minimum absolute atomic E-state index is 0.110. The fourth-order valence-corrected chi connectivity index (χ4v) is 3.63. The summed E-state index contributed by atoms with van der Waals surface area (Å²) in [6.45, 7) is 7.14. The summed E-state index contributed by atoms with van der Waals surface area (Å²) in [5.41, 5.74) is 2.05. The molecule has 2 aliphatic heterocycles. The van der Waals surface area contributed by atoms with E-state index in [0.717, 1.165) is 55.7 Å². The van der Waals surface area contributed by atoms with Gasteiger partial charge in [-0.1, -0.05) is 18.2 Å². The number of rotatable bonds is 7. The number of benzene rings is 2. The maximum atomic E-state index is 12.6. The van der Waals surface area contributed by atoms with E-state index >= 15 is 0 Å². The fourth-order valence-electron chi connectivity index (χ4n) is 3.63. The molecule has 0 unspecified atom stereocenters. The van der Waals surface area contributed by atoms with Crippen LogP contribution in [0.4, 0.5) is 5.69 Å². The van der Waals surface area contributed by atoms with Crippen molar-refractivity contribution in [2.75, 3.05) is 51.4 Å². The van der Waals surface area contributed by atoms with Crippen molar-refractivity contribution in [3.8, 4) is 17.2 Å². The summed E-state index contributed by atoms with van der Waals surface area (Å²) in [6.07, 6.45) is 0. The molecule has 1 fully saturated rings. The number of amides is 1. The van der Waals surface area contributed by atoms with Gasteiger partial charge in [0.2, 0.25) is 12.7 Å². The van der Waals surface area contributed by atoms with Gasteiger partial charge in [-0.25, -0.2) is 0 Å². The summed E-state index contributed by atoms with van der Waals surface area (Å²) in [5, 5.41) is 3.21. The second-order valence-corrected chi connectivity index (χ2v) is 7.13. The molecule has 7 heteroatoms. The van der Waals surface area contributed by atoms with Crippen LogP contribution in [0.5, 0.6) is 17.2 Å². The van der Waals surface area contributed by atoms with Crippen LogP contribution in [0.2, 0.25) is 0 Å². The molecule has 2 heterocycles. The number of para-hydroxylation sites is 2. The Balaban J connectivity index is 1.24. The predicted molar refractivity (Wildman–Crippen MR) is 111 cm³/mol. The summed E-state index contributed by atoms with van der Waals surface area (Å²) in [4.78, 5) is 16.9. The molecule has 4 rings (SSSR count). The normalized spacial score (nSPS) is 16.0. The van der Waals surface area contributed by atoms with Crippen molar-refractivity contribution in [3.63, 3.8) is 0 Å². The van der Waals surface area contributed by atoms with Crippen LogP contribution < -0.4 is 19.5 Å². The van der Waals surface area contributed by atoms with Gasteiger partial charge in [-0.3, -0.25) is 9.69 Å². The molecular formula is C22H27N3O4. The molecule has 0 bridgehead atoms. The molecule has 154 valence electrons. The minimum Gasteiger partial charge on any atom is -0.492 e. The second kappa shape index (κ2) is 9.05. The van der Waals surface area contributed by atoms with E-state index in [1.54, 1.807) is 0 Å². The van der Waals surface area contributed by atoms with Gasteiger partial charge in [-0.15, -0.1) is 0 Å². The predicted octanol–water partition coefficient (Wildman–Crippen LogP) is 2.57. The summed E-state index contributed by atoms with van der Waals surface area (Å²) in [5.74, 6) is 2.51. The monoisotopic (exact) mass is 397 g/mol. The third-order valence-electron chi connectivity index (χ3n) is 5.19. The van der Waals surface area contributed by atoms with Gasteiger partial charge in [0.15, 0.2) is 11.5 Å². The number of nitrogens with one attached hydrogen (secondary N) is 1. The van der Waals surface area contributed by atoms with Crippen LogP contribution in [-0.4, -0.2) is 61.8 Å². The first-order chi connectivity index (χ1) is 14.2. The Kier molecular flexibility index (Phi) is 6.05. The third kappa shape index (κ3) is 4.74. The van der Waals surface area contributed by atoms with E-state index in [2.05, 4.69) is 16.3 Å². The summed E-state index contributed by atoms with van der Waals surface area (Å²) in [6, 6.07) is 13.8. The second-order valence-electron chi connectivity index (χ2n) is 7.13. The Labute approximate surface area is 171 Å². The van der Waals surface area contributed by atoms with Gasteiger partial charge >= 0.3 is 0 Å². The topological polar surface area (TPSA) is 63.3 Å². The first-order valence-electron chi connectivity index (χ1n) is 10.1. The van der Waals surface area contributed by atoms with Crippen LogP contribution >= 0.6 is 0 Å². The molecule has 0 atom stereocenters. The smallest absolute Gasteiger partial charge is 0.241 e. The van der Waals surface area contributed by atoms with Crippen molar-refractivity contribution in [2.24, 2.45) is 0 Å². The molecule has 1 saturated heterocycles. The summed E-state index contributed by atoms with van der Waals surface area (Å²) >= 11 is 0. The van der Waals surface area contributed by atoms with E-state index in [1.165, 1.54) is 5.56 Å². The molecule has 0 saturated carbocycles. The molecule has 29 heavy (non-hydrogen) atoms. The van der Waals surface area contributed by atoms with E-state index in [1.807, 2.05) is 48.2 Å². The van der Waals surface area contributed by atoms with Gasteiger partial charge in [0.25, 0.3) is 0 Å². The quantitative estimate of drug-likeness (QED) is 0.775. The largest absolute Gasteiger partial charge is 0.492 e. The van der Waals surface area contributed by atoms with Crippen molar-refractivity contribution in [2.45, 2.75) is 13.5 Å². The molecule has 7 nitrogen and oxygen atoms in total. The number of anilines is 1. The standard InChI is InChI=1S/C22H27N3O4/c1-2-27-19-6-4-3-5-18(19)23-14-22(26)25-11-9-24(10-12-25)15-17-7-8-20-21(13-17)29-16-28-20/h3-8,13,23H,2,9-12,14-16H2,1H3. The van der Waals surface area contributed by atoms with Gasteiger partial charge < -0.3 is 24.4 Å². The average molecular weight is 397 g/mol. The van der Waals surface area contributed by atoms with E-state index in [4.69, 9.17) is 14.2 Å². The highest BCUT2D eigenvalue weighted by Crippen LogP contribution is 2.32. The van der Waals surface area contributed by atoms with E-state index in [-0.39, 0.29) is 12.5 Å². The fraction of sp³-hybridized carbons (Fsp3) is 0.409. The number of carbonyl (C=O) groups is 1. The molecule has 2 aromatic carbocycles. The number of piperazine rings is 1. The lowest BCUT2D eigenvalue weighted by Crippen LogP contribution is -2.49. The van der Waals surface area contributed by atoms with Crippen LogP contribution in [0, 0.1) is 0 Å². The lowest BCUT2D eigenvalue weighted by atomic mass is 10.1. The van der Waals surface area contributed by atoms with Gasteiger partial charge in [-0.05, 0) is 36.8 Å². The highest BCUT2D eigenvalue weighted by molar-refractivity contribution is 5.81. The molecule has 0 aromatic heterocycles. The zero-order valence-electron chi connectivity index (χ0n) is 16.7. The Bertz CT molecular complexity index is 850. The van der Waals surface area contributed by atoms with Crippen molar-refractivity contribution < 1.29 is 19.0 Å². The molecule has 1 N–H and O–H groups in total. The van der Waals surface area contributed by atoms with Crippen molar-refractivity contribution in [3.05, 3.63) is 48.0 Å². The molecule has 0 radical (unpaired) electrons. The molecule has 1 amide bonds. The number of carbonyl (C=O) groups excluding carboxylic acids is 1. The van der Waals surface area contributed by atoms with Crippen molar-refractivity contribution in [1.82, 2.24) is 9.80 Å². The molecule has 2 aliphatic rings. The maximum Gasteiger partial charge on any atom is 0.241 e. The number of ether oxygens (including phenoxy) is 3. The SMILES string of the molecule is CCOc1ccccc1NCC(=O)N1CCN(Cc2ccc3c(c2)OCO3)CC1. The molecular weight excluding hydrogens is 370 g/mol. The number of hydrogen-bond acceptors (Lipinski definition) is 6. The van der Waals surface area contributed by atoms with Crippen LogP contribution in [0.1, 0.15) is 12.5 Å². The van der Waals surface area contributed by atoms with E-state index < -0.39 is 0 Å². The first kappa shape index (κ1) is 19.4. The zero-order chi connectivity index (χ0) is 20.1. The van der Waals surface area contributed by atoms with E-state index in [0.29, 0.717) is 13.4 Å². The van der Waals surface area contributed by atoms with Gasteiger partial charge in [0.05, 0.1) is 18.8 Å². The molecule has 0 aliphatic carbocycles. The van der Waals surface area contributed by atoms with Crippen LogP contribution in [-0.2, 0) is 11.3 Å². The van der Waals surface area contributed by atoms with Crippen LogP contribution in [0.25, 0.3) is 0 Å². The van der Waals surface area contributed by atoms with Gasteiger partial charge in [0.1, 0.15) is 5.75 Å². The Morgan fingerprint density at radius 2 is 1.86 bits per heavy atom. The van der Waals surface area contributed by atoms with E-state index in [9.17, 15) is 4.79 Å².